The number of benzene rings is 3. The minimum atomic E-state index is -0.396. The van der Waals surface area contributed by atoms with Gasteiger partial charge in [0.2, 0.25) is 6.23 Å². The van der Waals surface area contributed by atoms with Gasteiger partial charge in [0, 0.05) is 22.6 Å². The maximum absolute atomic E-state index is 6.59. The highest BCUT2D eigenvalue weighted by Gasteiger charge is 2.42. The number of hydrazone groups is 1. The summed E-state index contributed by atoms with van der Waals surface area (Å²) >= 11 is 13.0. The molecule has 2 aliphatic rings. The summed E-state index contributed by atoms with van der Waals surface area (Å²) in [5, 5.41) is 8.20. The number of nitrogens with zero attached hydrogens (tertiary/aromatic N) is 2. The zero-order chi connectivity index (χ0) is 24.4. The van der Waals surface area contributed by atoms with Crippen LogP contribution in [0.15, 0.2) is 65.8 Å². The van der Waals surface area contributed by atoms with Crippen LogP contribution >= 0.6 is 23.2 Å². The first kappa shape index (κ1) is 24.0. The molecule has 0 saturated heterocycles. The Labute approximate surface area is 217 Å². The van der Waals surface area contributed by atoms with Crippen molar-refractivity contribution in [3.63, 3.8) is 0 Å². The molecule has 0 fully saturated rings. The molecule has 4 nitrogen and oxygen atoms in total. The second-order valence-corrected chi connectivity index (χ2v) is 10.1. The van der Waals surface area contributed by atoms with Crippen LogP contribution < -0.4 is 9.47 Å². The topological polar surface area (TPSA) is 34.1 Å². The highest BCUT2D eigenvalue weighted by atomic mass is 35.5. The van der Waals surface area contributed by atoms with E-state index in [4.69, 9.17) is 37.8 Å². The Morgan fingerprint density at radius 2 is 1.77 bits per heavy atom. The minimum absolute atomic E-state index is 0.00857. The fourth-order valence-corrected chi connectivity index (χ4v) is 5.26. The molecule has 2 aliphatic heterocycles. The highest BCUT2D eigenvalue weighted by molar-refractivity contribution is 6.35. The average Bonchev–Trinajstić information content (AvgIpc) is 3.30. The van der Waals surface area contributed by atoms with E-state index in [9.17, 15) is 0 Å². The summed E-state index contributed by atoms with van der Waals surface area (Å²) in [5.41, 5.74) is 5.34. The van der Waals surface area contributed by atoms with E-state index in [-0.39, 0.29) is 6.04 Å². The van der Waals surface area contributed by atoms with Crippen molar-refractivity contribution in [2.75, 3.05) is 6.61 Å². The number of aryl methyl sites for hydroxylation is 1. The summed E-state index contributed by atoms with van der Waals surface area (Å²) in [6.07, 6.45) is 5.11. The van der Waals surface area contributed by atoms with Crippen LogP contribution in [0.1, 0.15) is 73.6 Å². The van der Waals surface area contributed by atoms with Gasteiger partial charge in [0.15, 0.2) is 0 Å². The Morgan fingerprint density at radius 3 is 2.51 bits per heavy atom. The predicted molar refractivity (Wildman–Crippen MR) is 143 cm³/mol. The van der Waals surface area contributed by atoms with E-state index in [1.54, 1.807) is 6.07 Å². The third kappa shape index (κ3) is 5.14. The normalized spacial score (nSPS) is 18.5. The van der Waals surface area contributed by atoms with Gasteiger partial charge in [0.25, 0.3) is 0 Å². The molecule has 0 amide bonds. The van der Waals surface area contributed by atoms with Crippen molar-refractivity contribution < 1.29 is 9.47 Å². The molecule has 3 aromatic rings. The van der Waals surface area contributed by atoms with Crippen LogP contribution in [0.3, 0.4) is 0 Å². The third-order valence-corrected chi connectivity index (χ3v) is 7.12. The van der Waals surface area contributed by atoms with E-state index in [0.717, 1.165) is 47.6 Å². The SMILES string of the molecule is CCCCCCOc1ccc([C@@H]2Oc3c(Cl)cc(Cl)cc3[C@@H]3CC(c4ccc(C)cc4)=NN32)cc1. The summed E-state index contributed by atoms with van der Waals surface area (Å²) in [4.78, 5) is 0. The van der Waals surface area contributed by atoms with E-state index >= 15 is 0 Å². The number of ether oxygens (including phenoxy) is 2. The van der Waals surface area contributed by atoms with Gasteiger partial charge in [-0.2, -0.15) is 5.10 Å². The number of unbranched alkanes of at least 4 members (excludes halogenated alkanes) is 3. The van der Waals surface area contributed by atoms with Gasteiger partial charge in [0.05, 0.1) is 23.4 Å². The van der Waals surface area contributed by atoms with Gasteiger partial charge in [-0.1, -0.05) is 79.2 Å². The number of fused-ring (bicyclic) bond motifs is 3. The lowest BCUT2D eigenvalue weighted by molar-refractivity contribution is -0.0189. The smallest absolute Gasteiger partial charge is 0.213 e. The van der Waals surface area contributed by atoms with Gasteiger partial charge in [-0.25, -0.2) is 5.01 Å². The van der Waals surface area contributed by atoms with Crippen molar-refractivity contribution in [2.45, 2.75) is 58.2 Å². The number of halogens is 2. The van der Waals surface area contributed by atoms with Gasteiger partial charge in [0.1, 0.15) is 11.5 Å². The van der Waals surface area contributed by atoms with Gasteiger partial charge >= 0.3 is 0 Å². The molecule has 182 valence electrons. The molecule has 0 aromatic heterocycles. The monoisotopic (exact) mass is 508 g/mol. The number of hydrogen-bond acceptors (Lipinski definition) is 4. The van der Waals surface area contributed by atoms with E-state index in [1.807, 2.05) is 23.2 Å². The zero-order valence-electron chi connectivity index (χ0n) is 20.1. The fourth-order valence-electron chi connectivity index (χ4n) is 4.70. The summed E-state index contributed by atoms with van der Waals surface area (Å²) in [6, 6.07) is 20.3. The van der Waals surface area contributed by atoms with E-state index in [1.165, 1.54) is 24.8 Å². The average molecular weight is 509 g/mol. The molecule has 0 spiro atoms. The van der Waals surface area contributed by atoms with Gasteiger partial charge in [-0.05, 0) is 55.3 Å². The molecular weight excluding hydrogens is 479 g/mol. The Morgan fingerprint density at radius 1 is 1.00 bits per heavy atom. The van der Waals surface area contributed by atoms with Crippen molar-refractivity contribution in [3.05, 3.63) is 93.0 Å². The fraction of sp³-hybridized carbons (Fsp3) is 0.345. The van der Waals surface area contributed by atoms with Crippen LogP contribution in [0.25, 0.3) is 0 Å². The molecule has 2 atom stereocenters. The predicted octanol–water partition coefficient (Wildman–Crippen LogP) is 8.50. The quantitative estimate of drug-likeness (QED) is 0.286. The second kappa shape index (κ2) is 10.5. The molecule has 5 rings (SSSR count). The van der Waals surface area contributed by atoms with Crippen molar-refractivity contribution in [1.82, 2.24) is 5.01 Å². The van der Waals surface area contributed by atoms with E-state index in [2.05, 4.69) is 50.2 Å². The lowest BCUT2D eigenvalue weighted by Crippen LogP contribution is -2.33. The van der Waals surface area contributed by atoms with Crippen LogP contribution in [0, 0.1) is 6.92 Å². The van der Waals surface area contributed by atoms with Crippen LogP contribution in [0.4, 0.5) is 0 Å². The molecule has 0 bridgehead atoms. The maximum Gasteiger partial charge on any atom is 0.213 e. The van der Waals surface area contributed by atoms with Crippen molar-refractivity contribution in [3.8, 4) is 11.5 Å². The lowest BCUT2D eigenvalue weighted by atomic mass is 9.95. The zero-order valence-corrected chi connectivity index (χ0v) is 21.6. The largest absolute Gasteiger partial charge is 0.494 e. The van der Waals surface area contributed by atoms with Gasteiger partial charge in [-0.3, -0.25) is 0 Å². The molecule has 0 aliphatic carbocycles. The molecule has 0 saturated carbocycles. The number of hydrogen-bond donors (Lipinski definition) is 0. The summed E-state index contributed by atoms with van der Waals surface area (Å²) in [7, 11) is 0. The molecule has 2 heterocycles. The summed E-state index contributed by atoms with van der Waals surface area (Å²) < 4.78 is 12.4. The Kier molecular flexibility index (Phi) is 7.22. The molecule has 3 aromatic carbocycles. The van der Waals surface area contributed by atoms with Crippen LogP contribution in [0.5, 0.6) is 11.5 Å². The van der Waals surface area contributed by atoms with Crippen molar-refractivity contribution in [1.29, 1.82) is 0 Å². The van der Waals surface area contributed by atoms with Crippen LogP contribution in [-0.4, -0.2) is 17.3 Å². The first-order valence-electron chi connectivity index (χ1n) is 12.3. The molecule has 35 heavy (non-hydrogen) atoms. The maximum atomic E-state index is 6.59. The Balaban J connectivity index is 1.43. The highest BCUT2D eigenvalue weighted by Crippen LogP contribution is 2.50. The van der Waals surface area contributed by atoms with Crippen molar-refractivity contribution >= 4 is 28.9 Å². The van der Waals surface area contributed by atoms with E-state index in [0.29, 0.717) is 15.8 Å². The lowest BCUT2D eigenvalue weighted by Gasteiger charge is -2.38. The van der Waals surface area contributed by atoms with Crippen molar-refractivity contribution in [2.24, 2.45) is 5.10 Å². The van der Waals surface area contributed by atoms with Gasteiger partial charge in [-0.15, -0.1) is 0 Å². The third-order valence-electron chi connectivity index (χ3n) is 6.62. The molecule has 0 radical (unpaired) electrons. The molecule has 6 heteroatoms. The summed E-state index contributed by atoms with van der Waals surface area (Å²) in [6.45, 7) is 5.04. The van der Waals surface area contributed by atoms with Crippen LogP contribution in [0.2, 0.25) is 10.0 Å². The van der Waals surface area contributed by atoms with Crippen LogP contribution in [-0.2, 0) is 0 Å². The molecular formula is C29H30Cl2N2O2. The molecule has 0 unspecified atom stereocenters. The van der Waals surface area contributed by atoms with Gasteiger partial charge < -0.3 is 9.47 Å². The number of rotatable bonds is 8. The summed E-state index contributed by atoms with van der Waals surface area (Å²) in [5.74, 6) is 1.55. The Bertz CT molecular complexity index is 1210. The Hall–Kier alpha value is -2.69. The van der Waals surface area contributed by atoms with E-state index < -0.39 is 6.23 Å². The minimum Gasteiger partial charge on any atom is -0.494 e. The first-order chi connectivity index (χ1) is 17.0. The molecule has 0 N–H and O–H groups in total. The first-order valence-corrected chi connectivity index (χ1v) is 13.1. The second-order valence-electron chi connectivity index (χ2n) is 9.27. The standard InChI is InChI=1S/C29H30Cl2N2O2/c1-3-4-5-6-15-34-23-13-11-21(12-14-23)29-33-27(24-16-22(30)17-25(31)28(24)35-29)18-26(32-33)20-9-7-19(2)8-10-20/h7-14,16-17,27,29H,3-6,15,18H2,1-2H3/t27-,29-/m0/s1.